The standard InChI is InChI=1S/C12H11F3N2O2/c13-12(14,15)8-19-11-2-1-10(6-17-11)16-5-9-3-4-18-7-9/h1-4,6-7,16H,5,8H2. The van der Waals surface area contributed by atoms with E-state index in [0.29, 0.717) is 12.2 Å². The Kier molecular flexibility index (Phi) is 3.94. The van der Waals surface area contributed by atoms with E-state index in [1.165, 1.54) is 12.3 Å². The van der Waals surface area contributed by atoms with Gasteiger partial charge >= 0.3 is 6.18 Å². The van der Waals surface area contributed by atoms with Gasteiger partial charge in [0.05, 0.1) is 24.4 Å². The van der Waals surface area contributed by atoms with Crippen molar-refractivity contribution in [3.8, 4) is 5.88 Å². The van der Waals surface area contributed by atoms with Crippen molar-refractivity contribution < 1.29 is 22.3 Å². The minimum absolute atomic E-state index is 0.0637. The summed E-state index contributed by atoms with van der Waals surface area (Å²) in [5, 5.41) is 3.05. The summed E-state index contributed by atoms with van der Waals surface area (Å²) < 4.78 is 45.2. The van der Waals surface area contributed by atoms with Crippen LogP contribution >= 0.6 is 0 Å². The van der Waals surface area contributed by atoms with E-state index in [2.05, 4.69) is 15.0 Å². The largest absolute Gasteiger partial charge is 0.472 e. The van der Waals surface area contributed by atoms with Crippen molar-refractivity contribution in [3.05, 3.63) is 42.5 Å². The lowest BCUT2D eigenvalue weighted by Gasteiger charge is -2.09. The van der Waals surface area contributed by atoms with E-state index in [0.717, 1.165) is 5.56 Å². The number of anilines is 1. The lowest BCUT2D eigenvalue weighted by Crippen LogP contribution is -2.19. The summed E-state index contributed by atoms with van der Waals surface area (Å²) in [6.07, 6.45) is 0.205. The fraction of sp³-hybridized carbons (Fsp3) is 0.250. The number of furan rings is 1. The fourth-order valence-electron chi connectivity index (χ4n) is 1.32. The normalized spacial score (nSPS) is 11.3. The molecule has 2 aromatic heterocycles. The van der Waals surface area contributed by atoms with E-state index in [1.54, 1.807) is 24.7 Å². The molecule has 0 saturated carbocycles. The minimum atomic E-state index is -4.36. The number of rotatable bonds is 5. The molecular weight excluding hydrogens is 261 g/mol. The van der Waals surface area contributed by atoms with Gasteiger partial charge in [-0.15, -0.1) is 0 Å². The van der Waals surface area contributed by atoms with Crippen LogP contribution in [0, 0.1) is 0 Å². The predicted molar refractivity (Wildman–Crippen MR) is 61.8 cm³/mol. The number of alkyl halides is 3. The first kappa shape index (κ1) is 13.3. The molecule has 1 N–H and O–H groups in total. The third-order valence-electron chi connectivity index (χ3n) is 2.20. The molecule has 0 saturated heterocycles. The molecule has 0 spiro atoms. The summed E-state index contributed by atoms with van der Waals surface area (Å²) in [4.78, 5) is 3.77. The van der Waals surface area contributed by atoms with E-state index in [-0.39, 0.29) is 5.88 Å². The Morgan fingerprint density at radius 1 is 1.26 bits per heavy atom. The average molecular weight is 272 g/mol. The lowest BCUT2D eigenvalue weighted by atomic mass is 10.3. The Morgan fingerprint density at radius 3 is 2.68 bits per heavy atom. The van der Waals surface area contributed by atoms with Crippen molar-refractivity contribution >= 4 is 5.69 Å². The Hall–Kier alpha value is -2.18. The highest BCUT2D eigenvalue weighted by molar-refractivity contribution is 5.42. The van der Waals surface area contributed by atoms with Crippen LogP contribution in [-0.4, -0.2) is 17.8 Å². The van der Waals surface area contributed by atoms with Gasteiger partial charge in [-0.3, -0.25) is 0 Å². The molecule has 0 fully saturated rings. The smallest absolute Gasteiger partial charge is 0.422 e. The highest BCUT2D eigenvalue weighted by Gasteiger charge is 2.28. The second kappa shape index (κ2) is 5.64. The Labute approximate surface area is 107 Å². The van der Waals surface area contributed by atoms with E-state index >= 15 is 0 Å². The van der Waals surface area contributed by atoms with Crippen molar-refractivity contribution in [2.24, 2.45) is 0 Å². The third-order valence-corrected chi connectivity index (χ3v) is 2.20. The number of hydrogen-bond donors (Lipinski definition) is 1. The van der Waals surface area contributed by atoms with E-state index in [4.69, 9.17) is 4.42 Å². The summed E-state index contributed by atoms with van der Waals surface area (Å²) in [5.41, 5.74) is 1.64. The monoisotopic (exact) mass is 272 g/mol. The maximum absolute atomic E-state index is 11.9. The van der Waals surface area contributed by atoms with Crippen LogP contribution in [0.3, 0.4) is 0 Å². The van der Waals surface area contributed by atoms with E-state index < -0.39 is 12.8 Å². The van der Waals surface area contributed by atoms with Crippen LogP contribution in [0.4, 0.5) is 18.9 Å². The molecule has 0 unspecified atom stereocenters. The first-order valence-corrected chi connectivity index (χ1v) is 5.43. The molecule has 0 amide bonds. The van der Waals surface area contributed by atoms with E-state index in [9.17, 15) is 13.2 Å². The maximum Gasteiger partial charge on any atom is 0.422 e. The molecule has 0 aliphatic carbocycles. The second-order valence-corrected chi connectivity index (χ2v) is 3.77. The molecule has 19 heavy (non-hydrogen) atoms. The summed E-state index contributed by atoms with van der Waals surface area (Å²) >= 11 is 0. The number of nitrogens with zero attached hydrogens (tertiary/aromatic N) is 1. The van der Waals surface area contributed by atoms with Crippen LogP contribution in [0.1, 0.15) is 5.56 Å². The van der Waals surface area contributed by atoms with Crippen molar-refractivity contribution in [3.63, 3.8) is 0 Å². The Balaban J connectivity index is 1.84. The van der Waals surface area contributed by atoms with Crippen molar-refractivity contribution in [1.29, 1.82) is 0 Å². The molecule has 0 bridgehead atoms. The molecule has 0 aliphatic rings. The summed E-state index contributed by atoms with van der Waals surface area (Å²) in [5.74, 6) is -0.0637. The SMILES string of the molecule is FC(F)(F)COc1ccc(NCc2ccoc2)cn1. The zero-order valence-electron chi connectivity index (χ0n) is 9.78. The van der Waals surface area contributed by atoms with E-state index in [1.807, 2.05) is 0 Å². The number of halogens is 3. The molecule has 4 nitrogen and oxygen atoms in total. The number of pyridine rings is 1. The maximum atomic E-state index is 11.9. The number of aromatic nitrogens is 1. The van der Waals surface area contributed by atoms with Gasteiger partial charge in [-0.1, -0.05) is 0 Å². The van der Waals surface area contributed by atoms with Crippen molar-refractivity contribution in [1.82, 2.24) is 4.98 Å². The molecule has 0 aliphatic heterocycles. The van der Waals surface area contributed by atoms with Gasteiger partial charge in [0.25, 0.3) is 0 Å². The minimum Gasteiger partial charge on any atom is -0.472 e. The van der Waals surface area contributed by atoms with Crippen LogP contribution in [0.5, 0.6) is 5.88 Å². The first-order chi connectivity index (χ1) is 9.03. The molecule has 2 aromatic rings. The van der Waals surface area contributed by atoms with Gasteiger partial charge in [0.15, 0.2) is 6.61 Å². The summed E-state index contributed by atoms with van der Waals surface area (Å²) in [7, 11) is 0. The highest BCUT2D eigenvalue weighted by atomic mass is 19.4. The van der Waals surface area contributed by atoms with Crippen molar-refractivity contribution in [2.75, 3.05) is 11.9 Å². The van der Waals surface area contributed by atoms with Gasteiger partial charge in [-0.25, -0.2) is 4.98 Å². The molecule has 102 valence electrons. The van der Waals surface area contributed by atoms with Crippen LogP contribution in [0.2, 0.25) is 0 Å². The number of nitrogens with one attached hydrogen (secondary N) is 1. The first-order valence-electron chi connectivity index (χ1n) is 5.43. The topological polar surface area (TPSA) is 47.3 Å². The van der Waals surface area contributed by atoms with Gasteiger partial charge in [0.1, 0.15) is 0 Å². The van der Waals surface area contributed by atoms with Gasteiger partial charge < -0.3 is 14.5 Å². The quantitative estimate of drug-likeness (QED) is 0.907. The highest BCUT2D eigenvalue weighted by Crippen LogP contribution is 2.18. The molecule has 2 heterocycles. The van der Waals surface area contributed by atoms with Gasteiger partial charge in [0.2, 0.25) is 5.88 Å². The number of ether oxygens (including phenoxy) is 1. The van der Waals surface area contributed by atoms with Crippen LogP contribution in [0.15, 0.2) is 41.3 Å². The van der Waals surface area contributed by atoms with Gasteiger partial charge in [-0.05, 0) is 12.1 Å². The molecule has 0 atom stereocenters. The molecule has 0 aromatic carbocycles. The van der Waals surface area contributed by atoms with Crippen molar-refractivity contribution in [2.45, 2.75) is 12.7 Å². The fourth-order valence-corrected chi connectivity index (χ4v) is 1.32. The molecule has 2 rings (SSSR count). The van der Waals surface area contributed by atoms with Gasteiger partial charge in [-0.2, -0.15) is 13.2 Å². The zero-order chi connectivity index (χ0) is 13.7. The second-order valence-electron chi connectivity index (χ2n) is 3.77. The molecule has 7 heteroatoms. The van der Waals surface area contributed by atoms with Crippen LogP contribution in [0.25, 0.3) is 0 Å². The number of hydrogen-bond acceptors (Lipinski definition) is 4. The lowest BCUT2D eigenvalue weighted by molar-refractivity contribution is -0.154. The van der Waals surface area contributed by atoms with Crippen LogP contribution in [-0.2, 0) is 6.54 Å². The predicted octanol–water partition coefficient (Wildman–Crippen LogP) is 3.23. The zero-order valence-corrected chi connectivity index (χ0v) is 9.78. The Bertz CT molecular complexity index is 495. The Morgan fingerprint density at radius 2 is 2.11 bits per heavy atom. The molecular formula is C12H11F3N2O2. The third kappa shape index (κ3) is 4.53. The van der Waals surface area contributed by atoms with Crippen LogP contribution < -0.4 is 10.1 Å². The molecule has 0 radical (unpaired) electrons. The average Bonchev–Trinajstić information content (AvgIpc) is 2.87. The van der Waals surface area contributed by atoms with Gasteiger partial charge in [0, 0.05) is 18.2 Å². The summed E-state index contributed by atoms with van der Waals surface area (Å²) in [6.45, 7) is -0.803. The summed E-state index contributed by atoms with van der Waals surface area (Å²) in [6, 6.07) is 4.78.